The Morgan fingerprint density at radius 3 is 3.24 bits per heavy atom. The van der Waals surface area contributed by atoms with Crippen molar-refractivity contribution in [1.82, 2.24) is 15.2 Å². The van der Waals surface area contributed by atoms with Crippen LogP contribution in [0.15, 0.2) is 5.38 Å². The molecule has 6 heteroatoms. The van der Waals surface area contributed by atoms with Crippen LogP contribution in [0.1, 0.15) is 19.0 Å². The largest absolute Gasteiger partial charge is 0.315 e. The molecule has 1 aromatic heterocycles. The lowest BCUT2D eigenvalue weighted by molar-refractivity contribution is -0.114. The molecule has 1 atom stereocenters. The van der Waals surface area contributed by atoms with Crippen molar-refractivity contribution in [2.75, 3.05) is 25.5 Å². The topological polar surface area (TPSA) is 57.3 Å². The second-order valence-electron chi connectivity index (χ2n) is 4.39. The van der Waals surface area contributed by atoms with Gasteiger partial charge >= 0.3 is 0 Å². The number of nitrogens with one attached hydrogen (secondary N) is 2. The fraction of sp³-hybridized carbons (Fsp3) is 0.636. The molecule has 17 heavy (non-hydrogen) atoms. The summed E-state index contributed by atoms with van der Waals surface area (Å²) in [6.45, 7) is 4.49. The summed E-state index contributed by atoms with van der Waals surface area (Å²) in [6.07, 6.45) is 1.19. The van der Waals surface area contributed by atoms with Gasteiger partial charge in [0.05, 0.1) is 5.69 Å². The van der Waals surface area contributed by atoms with Gasteiger partial charge in [0.2, 0.25) is 5.91 Å². The molecule has 5 nitrogen and oxygen atoms in total. The highest BCUT2D eigenvalue weighted by Gasteiger charge is 2.19. The van der Waals surface area contributed by atoms with Crippen LogP contribution in [0.25, 0.3) is 0 Å². The van der Waals surface area contributed by atoms with Gasteiger partial charge in [0.1, 0.15) is 0 Å². The lowest BCUT2D eigenvalue weighted by Gasteiger charge is -2.22. The van der Waals surface area contributed by atoms with Gasteiger partial charge in [0.15, 0.2) is 5.13 Å². The monoisotopic (exact) mass is 254 g/mol. The Labute approximate surface area is 105 Å². The Hall–Kier alpha value is -0.980. The van der Waals surface area contributed by atoms with Crippen molar-refractivity contribution in [3.05, 3.63) is 11.1 Å². The highest BCUT2D eigenvalue weighted by Crippen LogP contribution is 2.18. The molecule has 2 rings (SSSR count). The van der Waals surface area contributed by atoms with Crippen molar-refractivity contribution in [3.8, 4) is 0 Å². The summed E-state index contributed by atoms with van der Waals surface area (Å²) < 4.78 is 0. The van der Waals surface area contributed by atoms with Crippen LogP contribution in [-0.2, 0) is 11.3 Å². The molecule has 2 N–H and O–H groups in total. The summed E-state index contributed by atoms with van der Waals surface area (Å²) in [5, 5.41) is 8.75. The first-order valence-corrected chi connectivity index (χ1v) is 6.66. The van der Waals surface area contributed by atoms with Gasteiger partial charge in [-0.05, 0) is 20.0 Å². The molecule has 1 unspecified atom stereocenters. The number of hydrogen-bond donors (Lipinski definition) is 2. The van der Waals surface area contributed by atoms with E-state index in [-0.39, 0.29) is 5.91 Å². The van der Waals surface area contributed by atoms with Crippen LogP contribution in [0.5, 0.6) is 0 Å². The maximum absolute atomic E-state index is 10.9. The summed E-state index contributed by atoms with van der Waals surface area (Å²) in [6, 6.07) is 0.598. The number of aromatic nitrogens is 1. The second kappa shape index (κ2) is 5.57. The summed E-state index contributed by atoms with van der Waals surface area (Å²) in [7, 11) is 2.12. The number of likely N-dealkylation sites (N-methyl/N-ethyl adjacent to an activating group) is 1. The van der Waals surface area contributed by atoms with Crippen LogP contribution >= 0.6 is 11.3 Å². The van der Waals surface area contributed by atoms with Crippen LogP contribution in [0.4, 0.5) is 5.13 Å². The fourth-order valence-corrected chi connectivity index (χ4v) is 2.74. The van der Waals surface area contributed by atoms with Crippen LogP contribution in [0.2, 0.25) is 0 Å². The third kappa shape index (κ3) is 3.49. The van der Waals surface area contributed by atoms with Crippen molar-refractivity contribution in [3.63, 3.8) is 0 Å². The average Bonchev–Trinajstić information content (AvgIpc) is 2.87. The standard InChI is InChI=1S/C11H18N4OS/c1-8(16)13-11-14-9(7-17-11)6-15(2)10-3-4-12-5-10/h7,10,12H,3-6H2,1-2H3,(H,13,14,16). The number of carbonyl (C=O) groups excluding carboxylic acids is 1. The molecule has 1 aliphatic heterocycles. The first kappa shape index (κ1) is 12.5. The predicted octanol–water partition coefficient (Wildman–Crippen LogP) is 0.895. The maximum atomic E-state index is 10.9. The molecule has 1 saturated heterocycles. The van der Waals surface area contributed by atoms with Gasteiger partial charge in [-0.25, -0.2) is 4.98 Å². The minimum absolute atomic E-state index is 0.0701. The second-order valence-corrected chi connectivity index (χ2v) is 5.25. The molecule has 1 amide bonds. The van der Waals surface area contributed by atoms with Crippen LogP contribution in [-0.4, -0.2) is 42.0 Å². The SMILES string of the molecule is CC(=O)Nc1nc(CN(C)C2CCNC2)cs1. The Balaban J connectivity index is 1.89. The summed E-state index contributed by atoms with van der Waals surface area (Å²) >= 11 is 1.48. The first-order chi connectivity index (χ1) is 8.15. The molecule has 0 aliphatic carbocycles. The first-order valence-electron chi connectivity index (χ1n) is 5.78. The summed E-state index contributed by atoms with van der Waals surface area (Å²) in [5.41, 5.74) is 1.02. The van der Waals surface area contributed by atoms with Gasteiger partial charge in [-0.15, -0.1) is 11.3 Å². The minimum Gasteiger partial charge on any atom is -0.315 e. The number of carbonyl (C=O) groups is 1. The highest BCUT2D eigenvalue weighted by molar-refractivity contribution is 7.13. The molecule has 0 bridgehead atoms. The molecule has 2 heterocycles. The van der Waals surface area contributed by atoms with E-state index in [1.807, 2.05) is 5.38 Å². The number of anilines is 1. The van der Waals surface area contributed by atoms with Crippen molar-refractivity contribution in [2.24, 2.45) is 0 Å². The molecule has 1 aliphatic rings. The molecule has 1 fully saturated rings. The van der Waals surface area contributed by atoms with Crippen LogP contribution < -0.4 is 10.6 Å². The van der Waals surface area contributed by atoms with Crippen LogP contribution in [0, 0.1) is 0 Å². The summed E-state index contributed by atoms with van der Waals surface area (Å²) in [5.74, 6) is -0.0701. The quantitative estimate of drug-likeness (QED) is 0.838. The van der Waals surface area contributed by atoms with Gasteiger partial charge in [-0.2, -0.15) is 0 Å². The molecule has 0 saturated carbocycles. The van der Waals surface area contributed by atoms with E-state index >= 15 is 0 Å². The molecule has 0 aromatic carbocycles. The van der Waals surface area contributed by atoms with Crippen molar-refractivity contribution >= 4 is 22.4 Å². The number of hydrogen-bond acceptors (Lipinski definition) is 5. The van der Waals surface area contributed by atoms with Crippen molar-refractivity contribution in [1.29, 1.82) is 0 Å². The highest BCUT2D eigenvalue weighted by atomic mass is 32.1. The van der Waals surface area contributed by atoms with E-state index in [0.717, 1.165) is 25.3 Å². The van der Waals surface area contributed by atoms with E-state index in [1.165, 1.54) is 24.7 Å². The van der Waals surface area contributed by atoms with Gasteiger partial charge in [0.25, 0.3) is 0 Å². The third-order valence-corrected chi connectivity index (χ3v) is 3.71. The fourth-order valence-electron chi connectivity index (χ4n) is 1.99. The molecule has 94 valence electrons. The third-order valence-electron chi connectivity index (χ3n) is 2.90. The Morgan fingerprint density at radius 1 is 1.76 bits per heavy atom. The summed E-state index contributed by atoms with van der Waals surface area (Å²) in [4.78, 5) is 17.6. The lowest BCUT2D eigenvalue weighted by atomic mass is 10.2. The maximum Gasteiger partial charge on any atom is 0.223 e. The smallest absolute Gasteiger partial charge is 0.223 e. The molecule has 0 spiro atoms. The zero-order valence-electron chi connectivity index (χ0n) is 10.2. The number of amides is 1. The van der Waals surface area contributed by atoms with E-state index in [1.54, 1.807) is 0 Å². The average molecular weight is 254 g/mol. The van der Waals surface area contributed by atoms with Crippen molar-refractivity contribution in [2.45, 2.75) is 25.9 Å². The van der Waals surface area contributed by atoms with E-state index in [0.29, 0.717) is 11.2 Å². The van der Waals surface area contributed by atoms with Gasteiger partial charge in [-0.3, -0.25) is 9.69 Å². The van der Waals surface area contributed by atoms with E-state index in [9.17, 15) is 4.79 Å². The van der Waals surface area contributed by atoms with Crippen molar-refractivity contribution < 1.29 is 4.79 Å². The Morgan fingerprint density at radius 2 is 2.59 bits per heavy atom. The minimum atomic E-state index is -0.0701. The zero-order valence-corrected chi connectivity index (χ0v) is 11.0. The number of rotatable bonds is 4. The van der Waals surface area contributed by atoms with E-state index in [2.05, 4.69) is 27.6 Å². The molecule has 1 aromatic rings. The van der Waals surface area contributed by atoms with E-state index < -0.39 is 0 Å². The normalized spacial score (nSPS) is 19.8. The molecule has 0 radical (unpaired) electrons. The molecular weight excluding hydrogens is 236 g/mol. The number of thiazole rings is 1. The zero-order chi connectivity index (χ0) is 12.3. The van der Waals surface area contributed by atoms with Gasteiger partial charge in [-0.1, -0.05) is 0 Å². The Kier molecular flexibility index (Phi) is 4.09. The predicted molar refractivity (Wildman–Crippen MR) is 69.2 cm³/mol. The lowest BCUT2D eigenvalue weighted by Crippen LogP contribution is -2.32. The number of nitrogens with zero attached hydrogens (tertiary/aromatic N) is 2. The van der Waals surface area contributed by atoms with E-state index in [4.69, 9.17) is 0 Å². The van der Waals surface area contributed by atoms with Gasteiger partial charge < -0.3 is 10.6 Å². The van der Waals surface area contributed by atoms with Crippen LogP contribution in [0.3, 0.4) is 0 Å². The molecular formula is C11H18N4OS. The Bertz CT molecular complexity index is 387. The van der Waals surface area contributed by atoms with Gasteiger partial charge in [0, 0.05) is 31.4 Å².